The highest BCUT2D eigenvalue weighted by Gasteiger charge is 2.45. The molecule has 1 N–H and O–H groups in total. The van der Waals surface area contributed by atoms with E-state index in [2.05, 4.69) is 0 Å². The number of rotatable bonds is 4. The molecule has 0 atom stereocenters. The molecule has 0 unspecified atom stereocenters. The lowest BCUT2D eigenvalue weighted by atomic mass is 9.69. The number of carboxylic acids is 1. The van der Waals surface area contributed by atoms with Gasteiger partial charge in [0.25, 0.3) is 0 Å². The number of pyridine rings is 1. The second-order valence-electron chi connectivity index (χ2n) is 8.62. The SMILES string of the molecule is O=C(O)c1cn2c(cc1=O)-c1cc(C(F)(F)F)c(OCC3CC3)cc1CC21CCC1. The van der Waals surface area contributed by atoms with Gasteiger partial charge >= 0.3 is 12.1 Å². The van der Waals surface area contributed by atoms with Crippen molar-refractivity contribution in [3.8, 4) is 17.0 Å². The Bertz CT molecular complexity index is 1110. The molecule has 0 bridgehead atoms. The minimum Gasteiger partial charge on any atom is -0.493 e. The van der Waals surface area contributed by atoms with Gasteiger partial charge in [0.15, 0.2) is 5.43 Å². The molecule has 2 aromatic rings. The number of aromatic carboxylic acids is 1. The molecule has 1 aliphatic heterocycles. The van der Waals surface area contributed by atoms with Gasteiger partial charge in [0, 0.05) is 23.4 Å². The van der Waals surface area contributed by atoms with Crippen LogP contribution in [0, 0.1) is 5.92 Å². The molecule has 30 heavy (non-hydrogen) atoms. The third-order valence-electron chi connectivity index (χ3n) is 6.55. The lowest BCUT2D eigenvalue weighted by molar-refractivity contribution is -0.139. The summed E-state index contributed by atoms with van der Waals surface area (Å²) in [7, 11) is 0. The van der Waals surface area contributed by atoms with Crippen molar-refractivity contribution >= 4 is 5.97 Å². The highest BCUT2D eigenvalue weighted by molar-refractivity contribution is 5.88. The van der Waals surface area contributed by atoms with Crippen molar-refractivity contribution in [2.45, 2.75) is 50.2 Å². The molecule has 2 fully saturated rings. The average Bonchev–Trinajstić information content (AvgIpc) is 3.46. The Hall–Kier alpha value is -2.77. The molecule has 2 heterocycles. The number of carboxylic acid groups (broad SMARTS) is 1. The number of ether oxygens (including phenoxy) is 1. The third kappa shape index (κ3) is 3.00. The number of benzene rings is 1. The summed E-state index contributed by atoms with van der Waals surface area (Å²) in [5.41, 5.74) is -0.998. The average molecular weight is 419 g/mol. The summed E-state index contributed by atoms with van der Waals surface area (Å²) in [5.74, 6) is -1.19. The molecule has 5 rings (SSSR count). The van der Waals surface area contributed by atoms with E-state index < -0.39 is 28.7 Å². The van der Waals surface area contributed by atoms with Gasteiger partial charge in [-0.15, -0.1) is 0 Å². The number of carbonyl (C=O) groups is 1. The number of nitrogens with zero attached hydrogens (tertiary/aromatic N) is 1. The van der Waals surface area contributed by atoms with Crippen molar-refractivity contribution in [3.63, 3.8) is 0 Å². The van der Waals surface area contributed by atoms with Crippen molar-refractivity contribution in [2.24, 2.45) is 5.92 Å². The number of fused-ring (bicyclic) bond motifs is 4. The van der Waals surface area contributed by atoms with Crippen molar-refractivity contribution in [1.29, 1.82) is 0 Å². The lowest BCUT2D eigenvalue weighted by Gasteiger charge is -2.49. The smallest absolute Gasteiger partial charge is 0.419 e. The van der Waals surface area contributed by atoms with Crippen LogP contribution in [0.1, 0.15) is 53.6 Å². The van der Waals surface area contributed by atoms with Gasteiger partial charge in [0.05, 0.1) is 17.9 Å². The van der Waals surface area contributed by atoms with Crippen LogP contribution in [0.2, 0.25) is 0 Å². The molecule has 2 aliphatic carbocycles. The van der Waals surface area contributed by atoms with Crippen LogP contribution in [0.5, 0.6) is 5.75 Å². The standard InChI is InChI=1S/C22H20F3NO4/c23-22(24,25)16-7-14-13(6-19(16)30-11-12-2-3-12)9-21(4-1-5-21)26-10-15(20(28)29)18(27)8-17(14)26/h6-8,10,12H,1-5,9,11H2,(H,28,29). The van der Waals surface area contributed by atoms with E-state index >= 15 is 0 Å². The minimum absolute atomic E-state index is 0.166. The number of alkyl halides is 3. The zero-order chi connectivity index (χ0) is 21.3. The highest BCUT2D eigenvalue weighted by Crippen LogP contribution is 2.51. The summed E-state index contributed by atoms with van der Waals surface area (Å²) in [4.78, 5) is 23.8. The largest absolute Gasteiger partial charge is 0.493 e. The molecule has 0 radical (unpaired) electrons. The fourth-order valence-electron chi connectivity index (χ4n) is 4.58. The Morgan fingerprint density at radius 1 is 1.23 bits per heavy atom. The van der Waals surface area contributed by atoms with E-state index in [1.807, 2.05) is 0 Å². The fraction of sp³-hybridized carbons (Fsp3) is 0.455. The van der Waals surface area contributed by atoms with E-state index in [1.54, 1.807) is 4.57 Å². The summed E-state index contributed by atoms with van der Waals surface area (Å²) >= 11 is 0. The van der Waals surface area contributed by atoms with Gasteiger partial charge in [-0.3, -0.25) is 4.79 Å². The van der Waals surface area contributed by atoms with Gasteiger partial charge in [-0.1, -0.05) is 0 Å². The van der Waals surface area contributed by atoms with Gasteiger partial charge < -0.3 is 14.4 Å². The summed E-state index contributed by atoms with van der Waals surface area (Å²) in [5, 5.41) is 9.34. The third-order valence-corrected chi connectivity index (χ3v) is 6.55. The van der Waals surface area contributed by atoms with Crippen LogP contribution < -0.4 is 10.2 Å². The van der Waals surface area contributed by atoms with Gasteiger partial charge in [-0.2, -0.15) is 13.2 Å². The van der Waals surface area contributed by atoms with Crippen molar-refractivity contribution in [2.75, 3.05) is 6.61 Å². The lowest BCUT2D eigenvalue weighted by Crippen LogP contribution is -2.46. The number of halogens is 3. The van der Waals surface area contributed by atoms with E-state index in [-0.39, 0.29) is 17.9 Å². The first-order valence-electron chi connectivity index (χ1n) is 10.1. The molecule has 0 saturated heterocycles. The predicted molar refractivity (Wildman–Crippen MR) is 102 cm³/mol. The molecule has 8 heteroatoms. The predicted octanol–water partition coefficient (Wildman–Crippen LogP) is 4.46. The van der Waals surface area contributed by atoms with Crippen LogP contribution in [0.4, 0.5) is 13.2 Å². The Morgan fingerprint density at radius 3 is 2.53 bits per heavy atom. The van der Waals surface area contributed by atoms with E-state index in [0.29, 0.717) is 29.2 Å². The maximum atomic E-state index is 13.8. The molecule has 1 aromatic carbocycles. The van der Waals surface area contributed by atoms with E-state index in [4.69, 9.17) is 4.74 Å². The summed E-state index contributed by atoms with van der Waals surface area (Å²) in [6.07, 6.45) is 1.61. The van der Waals surface area contributed by atoms with Gasteiger partial charge in [0.1, 0.15) is 11.3 Å². The second kappa shape index (κ2) is 6.36. The summed E-state index contributed by atoms with van der Waals surface area (Å²) in [6.45, 7) is 0.269. The van der Waals surface area contributed by atoms with Crippen LogP contribution in [-0.2, 0) is 18.1 Å². The maximum absolute atomic E-state index is 13.8. The van der Waals surface area contributed by atoms with Crippen LogP contribution in [0.3, 0.4) is 0 Å². The van der Waals surface area contributed by atoms with Crippen molar-refractivity contribution in [3.05, 3.63) is 51.3 Å². The molecule has 0 amide bonds. The monoisotopic (exact) mass is 419 g/mol. The van der Waals surface area contributed by atoms with Crippen LogP contribution in [0.15, 0.2) is 29.2 Å². The zero-order valence-corrected chi connectivity index (χ0v) is 16.1. The van der Waals surface area contributed by atoms with Crippen molar-refractivity contribution in [1.82, 2.24) is 4.57 Å². The van der Waals surface area contributed by atoms with E-state index in [0.717, 1.165) is 44.2 Å². The molecule has 2 saturated carbocycles. The Labute approximate surface area is 170 Å². The van der Waals surface area contributed by atoms with E-state index in [1.165, 1.54) is 12.3 Å². The topological polar surface area (TPSA) is 68.5 Å². The quantitative estimate of drug-likeness (QED) is 0.795. The Morgan fingerprint density at radius 2 is 1.97 bits per heavy atom. The molecule has 1 aromatic heterocycles. The number of hydrogen-bond acceptors (Lipinski definition) is 3. The first-order chi connectivity index (χ1) is 14.2. The molecule has 5 nitrogen and oxygen atoms in total. The van der Waals surface area contributed by atoms with E-state index in [9.17, 15) is 27.9 Å². The number of hydrogen-bond donors (Lipinski definition) is 1. The Balaban J connectivity index is 1.70. The second-order valence-corrected chi connectivity index (χ2v) is 8.62. The van der Waals surface area contributed by atoms with Gasteiger partial charge in [-0.25, -0.2) is 4.79 Å². The first kappa shape index (κ1) is 19.2. The molecular formula is C22H20F3NO4. The molecular weight excluding hydrogens is 399 g/mol. The summed E-state index contributed by atoms with van der Waals surface area (Å²) in [6, 6.07) is 3.68. The molecule has 3 aliphatic rings. The minimum atomic E-state index is -4.61. The van der Waals surface area contributed by atoms with Crippen LogP contribution >= 0.6 is 0 Å². The fourth-order valence-corrected chi connectivity index (χ4v) is 4.58. The van der Waals surface area contributed by atoms with Crippen LogP contribution in [-0.4, -0.2) is 22.2 Å². The van der Waals surface area contributed by atoms with Gasteiger partial charge in [0.2, 0.25) is 0 Å². The van der Waals surface area contributed by atoms with Crippen LogP contribution in [0.25, 0.3) is 11.3 Å². The highest BCUT2D eigenvalue weighted by atomic mass is 19.4. The molecule has 1 spiro atoms. The summed E-state index contributed by atoms with van der Waals surface area (Å²) < 4.78 is 48.6. The Kier molecular flexibility index (Phi) is 4.07. The normalized spacial score (nSPS) is 19.0. The zero-order valence-electron chi connectivity index (χ0n) is 16.1. The van der Waals surface area contributed by atoms with Gasteiger partial charge in [-0.05, 0) is 62.1 Å². The maximum Gasteiger partial charge on any atom is 0.419 e. The number of aromatic nitrogens is 1. The molecule has 158 valence electrons. The first-order valence-corrected chi connectivity index (χ1v) is 10.1. The van der Waals surface area contributed by atoms with Crippen molar-refractivity contribution < 1.29 is 27.8 Å².